The molecular formula is C10H12O2. The standard InChI is InChI=1S/C10H12O2/c1-7-5-4-6-8-9(7)12-10(2,3)11-8/h4-6H,1-3H3. The van der Waals surface area contributed by atoms with Gasteiger partial charge in [0, 0.05) is 13.8 Å². The molecule has 2 heteroatoms. The second kappa shape index (κ2) is 2.16. The summed E-state index contributed by atoms with van der Waals surface area (Å²) in [6.07, 6.45) is 0. The van der Waals surface area contributed by atoms with Crippen molar-refractivity contribution >= 4 is 0 Å². The third kappa shape index (κ3) is 1.04. The molecule has 1 aromatic carbocycles. The minimum atomic E-state index is -0.506. The molecule has 2 nitrogen and oxygen atoms in total. The molecule has 0 spiro atoms. The van der Waals surface area contributed by atoms with Gasteiger partial charge in [-0.1, -0.05) is 12.1 Å². The van der Waals surface area contributed by atoms with E-state index in [1.165, 1.54) is 0 Å². The van der Waals surface area contributed by atoms with Crippen LogP contribution in [0.3, 0.4) is 0 Å². The lowest BCUT2D eigenvalue weighted by atomic mass is 10.2. The Bertz CT molecular complexity index is 316. The van der Waals surface area contributed by atoms with E-state index in [9.17, 15) is 0 Å². The number of ether oxygens (including phenoxy) is 2. The predicted octanol–water partition coefficient (Wildman–Crippen LogP) is 2.50. The zero-order valence-electron chi connectivity index (χ0n) is 7.55. The van der Waals surface area contributed by atoms with Crippen molar-refractivity contribution in [3.05, 3.63) is 23.8 Å². The van der Waals surface area contributed by atoms with E-state index in [2.05, 4.69) is 0 Å². The van der Waals surface area contributed by atoms with Crippen LogP contribution >= 0.6 is 0 Å². The number of aryl methyl sites for hydroxylation is 1. The third-order valence-electron chi connectivity index (χ3n) is 1.88. The van der Waals surface area contributed by atoms with Crippen molar-refractivity contribution in [1.82, 2.24) is 0 Å². The van der Waals surface area contributed by atoms with Crippen LogP contribution in [0.15, 0.2) is 18.2 Å². The Hall–Kier alpha value is -1.18. The monoisotopic (exact) mass is 164 g/mol. The Labute approximate surface area is 72.1 Å². The summed E-state index contributed by atoms with van der Waals surface area (Å²) in [5.41, 5.74) is 1.12. The Morgan fingerprint density at radius 2 is 1.92 bits per heavy atom. The smallest absolute Gasteiger partial charge is 0.246 e. The van der Waals surface area contributed by atoms with Gasteiger partial charge in [0.05, 0.1) is 0 Å². The zero-order chi connectivity index (χ0) is 8.77. The van der Waals surface area contributed by atoms with Gasteiger partial charge in [0.1, 0.15) is 0 Å². The maximum atomic E-state index is 5.60. The molecule has 1 heterocycles. The van der Waals surface area contributed by atoms with Crippen LogP contribution in [0.4, 0.5) is 0 Å². The molecular weight excluding hydrogens is 152 g/mol. The van der Waals surface area contributed by atoms with Crippen LogP contribution in [0.2, 0.25) is 0 Å². The minimum absolute atomic E-state index is 0.506. The quantitative estimate of drug-likeness (QED) is 0.586. The second-order valence-corrected chi connectivity index (χ2v) is 3.51. The SMILES string of the molecule is Cc1cccc2c1OC(C)(C)O2. The Kier molecular flexibility index (Phi) is 1.34. The highest BCUT2D eigenvalue weighted by molar-refractivity contribution is 5.48. The summed E-state index contributed by atoms with van der Waals surface area (Å²) < 4.78 is 11.2. The van der Waals surface area contributed by atoms with Crippen molar-refractivity contribution in [3.63, 3.8) is 0 Å². The van der Waals surface area contributed by atoms with Crippen LogP contribution in [-0.4, -0.2) is 5.79 Å². The van der Waals surface area contributed by atoms with E-state index < -0.39 is 5.79 Å². The summed E-state index contributed by atoms with van der Waals surface area (Å²) in [6.45, 7) is 5.84. The molecule has 64 valence electrons. The summed E-state index contributed by atoms with van der Waals surface area (Å²) >= 11 is 0. The lowest BCUT2D eigenvalue weighted by Gasteiger charge is -2.16. The first kappa shape index (κ1) is 7.47. The average molecular weight is 164 g/mol. The van der Waals surface area contributed by atoms with E-state index in [4.69, 9.17) is 9.47 Å². The molecule has 2 rings (SSSR count). The summed E-state index contributed by atoms with van der Waals surface area (Å²) in [5.74, 6) is 1.22. The topological polar surface area (TPSA) is 18.5 Å². The maximum Gasteiger partial charge on any atom is 0.246 e. The van der Waals surface area contributed by atoms with Crippen LogP contribution in [-0.2, 0) is 0 Å². The van der Waals surface area contributed by atoms with E-state index in [1.807, 2.05) is 39.0 Å². The average Bonchev–Trinajstić information content (AvgIpc) is 2.25. The summed E-state index contributed by atoms with van der Waals surface area (Å²) in [4.78, 5) is 0. The van der Waals surface area contributed by atoms with E-state index in [-0.39, 0.29) is 0 Å². The van der Waals surface area contributed by atoms with Gasteiger partial charge < -0.3 is 9.47 Å². The van der Waals surface area contributed by atoms with Crippen molar-refractivity contribution in [2.75, 3.05) is 0 Å². The van der Waals surface area contributed by atoms with Crippen LogP contribution in [0.25, 0.3) is 0 Å². The molecule has 0 bridgehead atoms. The van der Waals surface area contributed by atoms with Crippen molar-refractivity contribution < 1.29 is 9.47 Å². The maximum absolute atomic E-state index is 5.60. The van der Waals surface area contributed by atoms with E-state index in [0.29, 0.717) is 0 Å². The Morgan fingerprint density at radius 3 is 2.58 bits per heavy atom. The minimum Gasteiger partial charge on any atom is -0.449 e. The van der Waals surface area contributed by atoms with Crippen LogP contribution in [0, 0.1) is 6.92 Å². The molecule has 0 saturated carbocycles. The van der Waals surface area contributed by atoms with Gasteiger partial charge in [0.2, 0.25) is 5.79 Å². The molecule has 0 amide bonds. The van der Waals surface area contributed by atoms with E-state index in [0.717, 1.165) is 17.1 Å². The number of para-hydroxylation sites is 1. The Balaban J connectivity index is 2.48. The molecule has 1 aliphatic rings. The highest BCUT2D eigenvalue weighted by atomic mass is 16.7. The molecule has 12 heavy (non-hydrogen) atoms. The number of fused-ring (bicyclic) bond motifs is 1. The molecule has 1 aromatic rings. The zero-order valence-corrected chi connectivity index (χ0v) is 7.55. The summed E-state index contributed by atoms with van der Waals surface area (Å²) in [5, 5.41) is 0. The van der Waals surface area contributed by atoms with Gasteiger partial charge >= 0.3 is 0 Å². The van der Waals surface area contributed by atoms with Crippen molar-refractivity contribution in [3.8, 4) is 11.5 Å². The molecule has 0 saturated heterocycles. The molecule has 0 atom stereocenters. The van der Waals surface area contributed by atoms with Crippen LogP contribution in [0.1, 0.15) is 19.4 Å². The van der Waals surface area contributed by atoms with E-state index in [1.54, 1.807) is 0 Å². The normalized spacial score (nSPS) is 17.9. The van der Waals surface area contributed by atoms with E-state index >= 15 is 0 Å². The summed E-state index contributed by atoms with van der Waals surface area (Å²) in [7, 11) is 0. The number of hydrogen-bond acceptors (Lipinski definition) is 2. The number of hydrogen-bond donors (Lipinski definition) is 0. The third-order valence-corrected chi connectivity index (χ3v) is 1.88. The van der Waals surface area contributed by atoms with Crippen molar-refractivity contribution in [2.24, 2.45) is 0 Å². The van der Waals surface area contributed by atoms with Gasteiger partial charge in [0.25, 0.3) is 0 Å². The molecule has 0 N–H and O–H groups in total. The molecule has 0 aliphatic carbocycles. The lowest BCUT2D eigenvalue weighted by Crippen LogP contribution is -2.29. The number of benzene rings is 1. The molecule has 0 aromatic heterocycles. The molecule has 0 radical (unpaired) electrons. The van der Waals surface area contributed by atoms with Gasteiger partial charge in [-0.2, -0.15) is 0 Å². The highest BCUT2D eigenvalue weighted by Gasteiger charge is 2.32. The fraction of sp³-hybridized carbons (Fsp3) is 0.400. The molecule has 1 aliphatic heterocycles. The fourth-order valence-corrected chi connectivity index (χ4v) is 1.37. The highest BCUT2D eigenvalue weighted by Crippen LogP contribution is 2.40. The second-order valence-electron chi connectivity index (χ2n) is 3.51. The first-order valence-corrected chi connectivity index (χ1v) is 4.06. The summed E-state index contributed by atoms with van der Waals surface area (Å²) in [6, 6.07) is 5.92. The van der Waals surface area contributed by atoms with Crippen molar-refractivity contribution in [1.29, 1.82) is 0 Å². The first-order valence-electron chi connectivity index (χ1n) is 4.06. The number of rotatable bonds is 0. The van der Waals surface area contributed by atoms with Gasteiger partial charge in [-0.25, -0.2) is 0 Å². The molecule has 0 unspecified atom stereocenters. The van der Waals surface area contributed by atoms with Gasteiger partial charge in [-0.15, -0.1) is 0 Å². The van der Waals surface area contributed by atoms with Crippen molar-refractivity contribution in [2.45, 2.75) is 26.6 Å². The van der Waals surface area contributed by atoms with Gasteiger partial charge in [-0.05, 0) is 18.6 Å². The van der Waals surface area contributed by atoms with Gasteiger partial charge in [0.15, 0.2) is 11.5 Å². The predicted molar refractivity (Wildman–Crippen MR) is 46.5 cm³/mol. The van der Waals surface area contributed by atoms with Crippen LogP contribution < -0.4 is 9.47 Å². The fourth-order valence-electron chi connectivity index (χ4n) is 1.37. The first-order chi connectivity index (χ1) is 5.58. The van der Waals surface area contributed by atoms with Gasteiger partial charge in [-0.3, -0.25) is 0 Å². The Morgan fingerprint density at radius 1 is 1.17 bits per heavy atom. The van der Waals surface area contributed by atoms with Crippen LogP contribution in [0.5, 0.6) is 11.5 Å². The largest absolute Gasteiger partial charge is 0.449 e. The lowest BCUT2D eigenvalue weighted by molar-refractivity contribution is -0.0434. The molecule has 0 fully saturated rings.